The summed E-state index contributed by atoms with van der Waals surface area (Å²) in [6.45, 7) is 8.48. The Morgan fingerprint density at radius 1 is 1.35 bits per heavy atom. The number of likely N-dealkylation sites (N-methyl/N-ethyl adjacent to an activating group) is 1. The van der Waals surface area contributed by atoms with Crippen LogP contribution in [0.15, 0.2) is 30.3 Å². The molecule has 1 aliphatic heterocycles. The molecule has 0 aromatic heterocycles. The fraction of sp³-hybridized carbons (Fsp3) is 0.611. The van der Waals surface area contributed by atoms with Gasteiger partial charge in [-0.1, -0.05) is 30.3 Å². The fourth-order valence-electron chi connectivity index (χ4n) is 2.77. The maximum Gasteiger partial charge on any atom is 0.408 e. The van der Waals surface area contributed by atoms with Crippen LogP contribution in [-0.4, -0.2) is 49.3 Å². The van der Waals surface area contributed by atoms with Gasteiger partial charge in [0.2, 0.25) is 0 Å². The quantitative estimate of drug-likeness (QED) is 0.876. The minimum atomic E-state index is -0.493. The van der Waals surface area contributed by atoms with Gasteiger partial charge in [-0.15, -0.1) is 0 Å². The van der Waals surface area contributed by atoms with Crippen molar-refractivity contribution in [3.63, 3.8) is 0 Å². The Kier molecular flexibility index (Phi) is 6.02. The van der Waals surface area contributed by atoms with Crippen LogP contribution < -0.4 is 10.6 Å². The maximum atomic E-state index is 12.1. The summed E-state index contributed by atoms with van der Waals surface area (Å²) in [5.41, 5.74) is 0.588. The normalized spacial score (nSPS) is 20.3. The van der Waals surface area contributed by atoms with E-state index < -0.39 is 5.60 Å². The van der Waals surface area contributed by atoms with Crippen LogP contribution in [0.25, 0.3) is 0 Å². The van der Waals surface area contributed by atoms with Crippen molar-refractivity contribution < 1.29 is 9.53 Å². The van der Waals surface area contributed by atoms with Crippen LogP contribution in [0, 0.1) is 0 Å². The van der Waals surface area contributed by atoms with Gasteiger partial charge in [-0.2, -0.15) is 0 Å². The molecule has 5 heteroatoms. The van der Waals surface area contributed by atoms with E-state index in [1.807, 2.05) is 51.1 Å². The van der Waals surface area contributed by atoms with Crippen LogP contribution in [0.5, 0.6) is 0 Å². The first-order valence-corrected chi connectivity index (χ1v) is 8.30. The number of benzene rings is 1. The van der Waals surface area contributed by atoms with Crippen molar-refractivity contribution >= 4 is 6.09 Å². The molecule has 1 saturated heterocycles. The Labute approximate surface area is 139 Å². The number of ether oxygens (including phenoxy) is 1. The lowest BCUT2D eigenvalue weighted by molar-refractivity contribution is 0.0502. The Hall–Kier alpha value is -1.59. The van der Waals surface area contributed by atoms with E-state index in [1.54, 1.807) is 0 Å². The molecule has 1 amide bonds. The number of carbonyl (C=O) groups is 1. The Morgan fingerprint density at radius 3 is 2.61 bits per heavy atom. The zero-order chi connectivity index (χ0) is 16.9. The topological polar surface area (TPSA) is 53.6 Å². The Balaban J connectivity index is 1.96. The number of carbonyl (C=O) groups excluding carboxylic acids is 1. The van der Waals surface area contributed by atoms with Crippen LogP contribution in [0.2, 0.25) is 0 Å². The molecule has 1 aromatic carbocycles. The van der Waals surface area contributed by atoms with E-state index in [4.69, 9.17) is 4.74 Å². The highest BCUT2D eigenvalue weighted by atomic mass is 16.6. The summed E-state index contributed by atoms with van der Waals surface area (Å²) in [4.78, 5) is 14.4. The van der Waals surface area contributed by atoms with E-state index in [2.05, 4.69) is 22.6 Å². The van der Waals surface area contributed by atoms with Gasteiger partial charge in [0.05, 0.1) is 6.04 Å². The first-order chi connectivity index (χ1) is 10.8. The monoisotopic (exact) mass is 319 g/mol. The molecule has 0 spiro atoms. The summed E-state index contributed by atoms with van der Waals surface area (Å²) < 4.78 is 5.39. The summed E-state index contributed by atoms with van der Waals surface area (Å²) in [7, 11) is 2.13. The minimum absolute atomic E-state index is 0.100. The SMILES string of the molecule is CN1CCC(NCC(NC(=O)OC(C)(C)C)c2ccccc2)C1. The van der Waals surface area contributed by atoms with Gasteiger partial charge in [0.25, 0.3) is 0 Å². The molecule has 0 aliphatic carbocycles. The molecule has 5 nitrogen and oxygen atoms in total. The summed E-state index contributed by atoms with van der Waals surface area (Å²) >= 11 is 0. The number of nitrogens with one attached hydrogen (secondary N) is 2. The molecule has 1 aromatic rings. The second kappa shape index (κ2) is 7.79. The largest absolute Gasteiger partial charge is 0.444 e. The molecule has 1 heterocycles. The average molecular weight is 319 g/mol. The van der Waals surface area contributed by atoms with Crippen molar-refractivity contribution in [2.75, 3.05) is 26.7 Å². The highest BCUT2D eigenvalue weighted by Crippen LogP contribution is 2.15. The highest BCUT2D eigenvalue weighted by molar-refractivity contribution is 5.68. The van der Waals surface area contributed by atoms with Crippen molar-refractivity contribution in [2.24, 2.45) is 0 Å². The number of hydrogen-bond donors (Lipinski definition) is 2. The number of rotatable bonds is 5. The van der Waals surface area contributed by atoms with Gasteiger partial charge in [0.15, 0.2) is 0 Å². The van der Waals surface area contributed by atoms with Gasteiger partial charge < -0.3 is 20.3 Å². The van der Waals surface area contributed by atoms with Crippen LogP contribution in [0.3, 0.4) is 0 Å². The predicted molar refractivity (Wildman–Crippen MR) is 92.5 cm³/mol. The number of alkyl carbamates (subject to hydrolysis) is 1. The Bertz CT molecular complexity index is 499. The first kappa shape index (κ1) is 17.8. The van der Waals surface area contributed by atoms with E-state index >= 15 is 0 Å². The van der Waals surface area contributed by atoms with Gasteiger partial charge >= 0.3 is 6.09 Å². The molecule has 0 bridgehead atoms. The highest BCUT2D eigenvalue weighted by Gasteiger charge is 2.23. The smallest absolute Gasteiger partial charge is 0.408 e. The van der Waals surface area contributed by atoms with Gasteiger partial charge in [0, 0.05) is 19.1 Å². The lowest BCUT2D eigenvalue weighted by Crippen LogP contribution is -2.42. The van der Waals surface area contributed by atoms with E-state index in [0.717, 1.165) is 25.1 Å². The van der Waals surface area contributed by atoms with Crippen LogP contribution >= 0.6 is 0 Å². The molecule has 0 saturated carbocycles. The maximum absolute atomic E-state index is 12.1. The number of amides is 1. The first-order valence-electron chi connectivity index (χ1n) is 8.30. The predicted octanol–water partition coefficient (Wildman–Crippen LogP) is 2.55. The van der Waals surface area contributed by atoms with Gasteiger partial charge in [-0.05, 0) is 46.3 Å². The average Bonchev–Trinajstić information content (AvgIpc) is 2.88. The standard InChI is InChI=1S/C18H29N3O2/c1-18(2,3)23-17(22)20-16(14-8-6-5-7-9-14)12-19-15-10-11-21(4)13-15/h5-9,15-16,19H,10-13H2,1-4H3,(H,20,22). The van der Waals surface area contributed by atoms with Crippen molar-refractivity contribution in [1.82, 2.24) is 15.5 Å². The van der Waals surface area contributed by atoms with Gasteiger partial charge in [-0.25, -0.2) is 4.79 Å². The van der Waals surface area contributed by atoms with Crippen LogP contribution in [0.4, 0.5) is 4.79 Å². The lowest BCUT2D eigenvalue weighted by Gasteiger charge is -2.25. The van der Waals surface area contributed by atoms with Gasteiger partial charge in [-0.3, -0.25) is 0 Å². The molecule has 0 radical (unpaired) electrons. The number of hydrogen-bond acceptors (Lipinski definition) is 4. The third-order valence-electron chi connectivity index (χ3n) is 3.89. The van der Waals surface area contributed by atoms with Crippen molar-refractivity contribution in [3.05, 3.63) is 35.9 Å². The van der Waals surface area contributed by atoms with Crippen LogP contribution in [0.1, 0.15) is 38.8 Å². The van der Waals surface area contributed by atoms with E-state index in [-0.39, 0.29) is 12.1 Å². The fourth-order valence-corrected chi connectivity index (χ4v) is 2.77. The molecular weight excluding hydrogens is 290 g/mol. The number of likely N-dealkylation sites (tertiary alicyclic amines) is 1. The molecule has 2 N–H and O–H groups in total. The summed E-state index contributed by atoms with van der Waals surface area (Å²) in [6.07, 6.45) is 0.765. The van der Waals surface area contributed by atoms with E-state index in [9.17, 15) is 4.79 Å². The molecule has 1 aliphatic rings. The second-order valence-electron chi connectivity index (χ2n) is 7.27. The Morgan fingerprint density at radius 2 is 2.04 bits per heavy atom. The van der Waals surface area contributed by atoms with Crippen molar-refractivity contribution in [3.8, 4) is 0 Å². The molecule has 2 unspecified atom stereocenters. The van der Waals surface area contributed by atoms with Gasteiger partial charge in [0.1, 0.15) is 5.60 Å². The summed E-state index contributed by atoms with van der Waals surface area (Å²) in [5, 5.41) is 6.55. The summed E-state index contributed by atoms with van der Waals surface area (Å²) in [6, 6.07) is 10.4. The molecule has 23 heavy (non-hydrogen) atoms. The third-order valence-corrected chi connectivity index (χ3v) is 3.89. The van der Waals surface area contributed by atoms with E-state index in [1.165, 1.54) is 0 Å². The molecule has 128 valence electrons. The molecule has 1 fully saturated rings. The van der Waals surface area contributed by atoms with Crippen molar-refractivity contribution in [2.45, 2.75) is 44.9 Å². The van der Waals surface area contributed by atoms with Crippen molar-refractivity contribution in [1.29, 1.82) is 0 Å². The van der Waals surface area contributed by atoms with E-state index in [0.29, 0.717) is 12.6 Å². The second-order valence-corrected chi connectivity index (χ2v) is 7.27. The van der Waals surface area contributed by atoms with Crippen LogP contribution in [-0.2, 0) is 4.74 Å². The zero-order valence-electron chi connectivity index (χ0n) is 14.6. The summed E-state index contributed by atoms with van der Waals surface area (Å²) in [5.74, 6) is 0. The zero-order valence-corrected chi connectivity index (χ0v) is 14.6. The number of nitrogens with zero attached hydrogens (tertiary/aromatic N) is 1. The molecular formula is C18H29N3O2. The molecule has 2 rings (SSSR count). The third kappa shape index (κ3) is 6.20. The lowest BCUT2D eigenvalue weighted by atomic mass is 10.1. The molecule has 2 atom stereocenters. The minimum Gasteiger partial charge on any atom is -0.444 e.